The molecule has 4 aromatic heterocycles. The fourth-order valence-corrected chi connectivity index (χ4v) is 5.28. The van der Waals surface area contributed by atoms with Gasteiger partial charge in [0.1, 0.15) is 17.5 Å². The molecule has 5 aromatic rings. The van der Waals surface area contributed by atoms with Crippen LogP contribution in [0.2, 0.25) is 0 Å². The van der Waals surface area contributed by atoms with Crippen molar-refractivity contribution in [2.45, 2.75) is 13.0 Å². The molecule has 1 saturated heterocycles. The van der Waals surface area contributed by atoms with Crippen LogP contribution in [0.1, 0.15) is 17.2 Å². The van der Waals surface area contributed by atoms with Crippen LogP contribution in [0, 0.1) is 18.6 Å². The molecule has 1 aliphatic heterocycles. The maximum absolute atomic E-state index is 14.0. The summed E-state index contributed by atoms with van der Waals surface area (Å²) in [6, 6.07) is 9.89. The van der Waals surface area contributed by atoms with Gasteiger partial charge in [-0.25, -0.2) is 18.3 Å². The van der Waals surface area contributed by atoms with Crippen molar-refractivity contribution >= 4 is 11.3 Å². The average molecular weight is 530 g/mol. The summed E-state index contributed by atoms with van der Waals surface area (Å²) in [5, 5.41) is 19.3. The van der Waals surface area contributed by atoms with Crippen LogP contribution in [0.25, 0.3) is 27.8 Å². The number of nitrogens with zero attached hydrogens (tertiary/aromatic N) is 7. The van der Waals surface area contributed by atoms with Crippen LogP contribution < -0.4 is 4.90 Å². The number of benzene rings is 1. The molecule has 0 aliphatic carbocycles. The molecule has 1 unspecified atom stereocenters. The van der Waals surface area contributed by atoms with Gasteiger partial charge in [0, 0.05) is 80.6 Å². The standard InChI is InChI=1S/C29H29F2N7O/c1-19-13-34-38-17-21(22-15-33-35(2)16-22)12-23(29(19)38)20-6-7-27(32-14-20)37-10-8-36(9-11-37)18-26(39)28-24(30)4-3-5-25(28)31/h3-7,12-17,26,39H,8-11,18H2,1-2H3. The normalized spacial score (nSPS) is 15.3. The lowest BCUT2D eigenvalue weighted by atomic mass is 10.0. The number of hydrogen-bond acceptors (Lipinski definition) is 6. The predicted octanol–water partition coefficient (Wildman–Crippen LogP) is 4.24. The summed E-state index contributed by atoms with van der Waals surface area (Å²) in [6.45, 7) is 4.92. The number of pyridine rings is 2. The van der Waals surface area contributed by atoms with E-state index in [0.717, 1.165) is 39.2 Å². The first-order chi connectivity index (χ1) is 18.9. The molecule has 200 valence electrons. The van der Waals surface area contributed by atoms with Gasteiger partial charge in [0.25, 0.3) is 0 Å². The van der Waals surface area contributed by atoms with E-state index in [2.05, 4.69) is 27.2 Å². The number of aryl methyl sites for hydroxylation is 2. The van der Waals surface area contributed by atoms with E-state index in [1.807, 2.05) is 60.4 Å². The van der Waals surface area contributed by atoms with Gasteiger partial charge in [-0.3, -0.25) is 9.58 Å². The number of aliphatic hydroxyl groups is 1. The van der Waals surface area contributed by atoms with Gasteiger partial charge < -0.3 is 10.0 Å². The van der Waals surface area contributed by atoms with Crippen LogP contribution in [-0.4, -0.2) is 67.1 Å². The lowest BCUT2D eigenvalue weighted by Crippen LogP contribution is -2.47. The van der Waals surface area contributed by atoms with Gasteiger partial charge in [0.15, 0.2) is 0 Å². The Hall–Kier alpha value is -4.15. The Kier molecular flexibility index (Phi) is 6.58. The number of hydrogen-bond donors (Lipinski definition) is 1. The number of aromatic nitrogens is 5. The molecule has 5 heterocycles. The second-order valence-corrected chi connectivity index (χ2v) is 10.0. The Labute approximate surface area is 224 Å². The van der Waals surface area contributed by atoms with E-state index in [0.29, 0.717) is 26.2 Å². The highest BCUT2D eigenvalue weighted by Gasteiger charge is 2.24. The Bertz CT molecular complexity index is 1600. The molecule has 0 spiro atoms. The SMILES string of the molecule is Cc1cnn2cc(-c3cnn(C)c3)cc(-c3ccc(N4CCN(CC(O)c5c(F)cccc5F)CC4)nc3)c12. The van der Waals surface area contributed by atoms with Crippen molar-refractivity contribution in [1.82, 2.24) is 29.3 Å². The Morgan fingerprint density at radius 1 is 0.897 bits per heavy atom. The monoisotopic (exact) mass is 529 g/mol. The van der Waals surface area contributed by atoms with Gasteiger partial charge in [-0.15, -0.1) is 0 Å². The van der Waals surface area contributed by atoms with Crippen LogP contribution in [0.3, 0.4) is 0 Å². The Morgan fingerprint density at radius 2 is 1.67 bits per heavy atom. The molecule has 10 heteroatoms. The number of piperazine rings is 1. The minimum atomic E-state index is -1.22. The van der Waals surface area contributed by atoms with Crippen molar-refractivity contribution < 1.29 is 13.9 Å². The van der Waals surface area contributed by atoms with Gasteiger partial charge in [-0.1, -0.05) is 6.07 Å². The molecule has 0 saturated carbocycles. The quantitative estimate of drug-likeness (QED) is 0.355. The maximum atomic E-state index is 14.0. The second-order valence-electron chi connectivity index (χ2n) is 10.0. The van der Waals surface area contributed by atoms with Crippen molar-refractivity contribution in [3.8, 4) is 22.3 Å². The maximum Gasteiger partial charge on any atom is 0.131 e. The summed E-state index contributed by atoms with van der Waals surface area (Å²) < 4.78 is 31.8. The number of halogens is 2. The van der Waals surface area contributed by atoms with E-state index in [9.17, 15) is 13.9 Å². The molecule has 6 rings (SSSR count). The summed E-state index contributed by atoms with van der Waals surface area (Å²) in [6.07, 6.45) is 8.37. The molecule has 0 radical (unpaired) electrons. The van der Waals surface area contributed by atoms with Crippen molar-refractivity contribution in [2.75, 3.05) is 37.6 Å². The smallest absolute Gasteiger partial charge is 0.131 e. The first kappa shape index (κ1) is 25.1. The predicted molar refractivity (Wildman–Crippen MR) is 145 cm³/mol. The number of fused-ring (bicyclic) bond motifs is 1. The third-order valence-electron chi connectivity index (χ3n) is 7.35. The van der Waals surface area contributed by atoms with Crippen LogP contribution in [0.4, 0.5) is 14.6 Å². The summed E-state index contributed by atoms with van der Waals surface area (Å²) in [4.78, 5) is 8.98. The molecule has 1 aromatic carbocycles. The van der Waals surface area contributed by atoms with Crippen LogP contribution in [-0.2, 0) is 7.05 Å². The summed E-state index contributed by atoms with van der Waals surface area (Å²) in [7, 11) is 1.90. The van der Waals surface area contributed by atoms with Crippen molar-refractivity contribution in [3.05, 3.63) is 90.1 Å². The number of rotatable bonds is 6. The molecule has 1 atom stereocenters. The van der Waals surface area contributed by atoms with Gasteiger partial charge >= 0.3 is 0 Å². The van der Waals surface area contributed by atoms with E-state index < -0.39 is 17.7 Å². The van der Waals surface area contributed by atoms with Gasteiger partial charge in [0.05, 0.1) is 29.6 Å². The van der Waals surface area contributed by atoms with E-state index in [4.69, 9.17) is 4.98 Å². The Balaban J connectivity index is 1.17. The Morgan fingerprint density at radius 3 is 2.33 bits per heavy atom. The van der Waals surface area contributed by atoms with Crippen molar-refractivity contribution in [3.63, 3.8) is 0 Å². The van der Waals surface area contributed by atoms with Gasteiger partial charge in [0.2, 0.25) is 0 Å². The van der Waals surface area contributed by atoms with Gasteiger partial charge in [-0.2, -0.15) is 10.2 Å². The van der Waals surface area contributed by atoms with E-state index in [-0.39, 0.29) is 12.1 Å². The zero-order valence-electron chi connectivity index (χ0n) is 21.8. The second kappa shape index (κ2) is 10.2. The molecule has 0 amide bonds. The zero-order valence-corrected chi connectivity index (χ0v) is 21.8. The highest BCUT2D eigenvalue weighted by molar-refractivity contribution is 5.86. The van der Waals surface area contributed by atoms with E-state index >= 15 is 0 Å². The lowest BCUT2D eigenvalue weighted by Gasteiger charge is -2.36. The largest absolute Gasteiger partial charge is 0.387 e. The van der Waals surface area contributed by atoms with Crippen LogP contribution in [0.15, 0.2) is 67.4 Å². The minimum Gasteiger partial charge on any atom is -0.387 e. The fraction of sp³-hybridized carbons (Fsp3) is 0.276. The highest BCUT2D eigenvalue weighted by atomic mass is 19.1. The fourth-order valence-electron chi connectivity index (χ4n) is 5.28. The van der Waals surface area contributed by atoms with E-state index in [1.165, 1.54) is 18.2 Å². The molecule has 1 fully saturated rings. The number of β-amino-alcohol motifs (C(OH)–C–C–N with tert-alkyl or cyclic N) is 1. The van der Waals surface area contributed by atoms with Gasteiger partial charge in [-0.05, 0) is 42.8 Å². The topological polar surface area (TPSA) is 74.7 Å². The summed E-state index contributed by atoms with van der Waals surface area (Å²) in [5.74, 6) is -0.580. The third kappa shape index (κ3) is 4.88. The third-order valence-corrected chi connectivity index (χ3v) is 7.35. The molecular formula is C29H29F2N7O. The minimum absolute atomic E-state index is 0.173. The zero-order chi connectivity index (χ0) is 27.1. The first-order valence-electron chi connectivity index (χ1n) is 12.9. The molecule has 8 nitrogen and oxygen atoms in total. The number of anilines is 1. The molecule has 1 N–H and O–H groups in total. The first-order valence-corrected chi connectivity index (χ1v) is 12.9. The molecule has 1 aliphatic rings. The summed E-state index contributed by atoms with van der Waals surface area (Å²) >= 11 is 0. The van der Waals surface area contributed by atoms with Crippen LogP contribution in [0.5, 0.6) is 0 Å². The summed E-state index contributed by atoms with van der Waals surface area (Å²) in [5.41, 5.74) is 5.92. The lowest BCUT2D eigenvalue weighted by molar-refractivity contribution is 0.103. The highest BCUT2D eigenvalue weighted by Crippen LogP contribution is 2.32. The van der Waals surface area contributed by atoms with Crippen molar-refractivity contribution in [1.29, 1.82) is 0 Å². The molecule has 0 bridgehead atoms. The van der Waals surface area contributed by atoms with E-state index in [1.54, 1.807) is 4.68 Å². The molecular weight excluding hydrogens is 500 g/mol. The average Bonchev–Trinajstić information content (AvgIpc) is 3.54. The van der Waals surface area contributed by atoms with Crippen LogP contribution >= 0.6 is 0 Å². The van der Waals surface area contributed by atoms with Crippen molar-refractivity contribution in [2.24, 2.45) is 7.05 Å². The number of aliphatic hydroxyl groups excluding tert-OH is 1. The molecule has 39 heavy (non-hydrogen) atoms.